The van der Waals surface area contributed by atoms with Gasteiger partial charge in [-0.3, -0.25) is 9.69 Å². The maximum atomic E-state index is 12.8. The lowest BCUT2D eigenvalue weighted by Gasteiger charge is -2.12. The van der Waals surface area contributed by atoms with Crippen LogP contribution in [0.1, 0.15) is 22.3 Å². The second kappa shape index (κ2) is 10.1. The van der Waals surface area contributed by atoms with Crippen LogP contribution in [0.25, 0.3) is 6.08 Å². The van der Waals surface area contributed by atoms with Gasteiger partial charge < -0.3 is 14.8 Å². The summed E-state index contributed by atoms with van der Waals surface area (Å²) in [7, 11) is 1.57. The van der Waals surface area contributed by atoms with Crippen molar-refractivity contribution in [2.24, 2.45) is 0 Å². The molecule has 4 rings (SSSR count). The maximum Gasteiger partial charge on any atom is 0.329 e. The lowest BCUT2D eigenvalue weighted by Crippen LogP contribution is -2.30. The summed E-state index contributed by atoms with van der Waals surface area (Å²) in [5, 5.41) is 2.66. The van der Waals surface area contributed by atoms with Crippen LogP contribution in [0.3, 0.4) is 0 Å². The van der Waals surface area contributed by atoms with Crippen molar-refractivity contribution in [3.8, 4) is 11.5 Å². The number of halogens is 1. The second-order valence-electron chi connectivity index (χ2n) is 7.69. The fourth-order valence-corrected chi connectivity index (χ4v) is 3.75. The Labute approximate surface area is 206 Å². The van der Waals surface area contributed by atoms with Gasteiger partial charge in [0.25, 0.3) is 5.91 Å². The van der Waals surface area contributed by atoms with Gasteiger partial charge in [0.15, 0.2) is 11.5 Å². The molecule has 3 aromatic carbocycles. The van der Waals surface area contributed by atoms with E-state index in [1.165, 1.54) is 4.90 Å². The minimum atomic E-state index is -0.434. The Morgan fingerprint density at radius 3 is 2.33 bits per heavy atom. The van der Waals surface area contributed by atoms with Crippen LogP contribution in [-0.2, 0) is 17.9 Å². The molecule has 0 saturated carbocycles. The number of methoxy groups -OCH3 is 1. The molecule has 0 atom stereocenters. The number of carbonyl (C=O) groups excluding carboxylic acids is 2. The number of ether oxygens (including phenoxy) is 2. The van der Waals surface area contributed by atoms with Crippen molar-refractivity contribution < 1.29 is 19.1 Å². The number of nitrogens with zero attached hydrogens (tertiary/aromatic N) is 1. The van der Waals surface area contributed by atoms with Crippen molar-refractivity contribution >= 4 is 40.6 Å². The Kier molecular flexibility index (Phi) is 6.98. The molecule has 3 aromatic rings. The van der Waals surface area contributed by atoms with Crippen LogP contribution in [0.2, 0.25) is 0 Å². The van der Waals surface area contributed by atoms with E-state index in [1.54, 1.807) is 25.3 Å². The predicted octanol–water partition coefficient (Wildman–Crippen LogP) is 5.28. The first kappa shape index (κ1) is 22.8. The topological polar surface area (TPSA) is 67.9 Å². The third-order valence-corrected chi connectivity index (χ3v) is 5.95. The molecule has 0 spiro atoms. The van der Waals surface area contributed by atoms with Crippen LogP contribution in [-0.4, -0.2) is 23.9 Å². The molecular weight excluding hydrogens is 531 g/mol. The molecule has 1 N–H and O–H groups in total. The first-order valence-electron chi connectivity index (χ1n) is 10.4. The van der Waals surface area contributed by atoms with E-state index in [2.05, 4.69) is 27.9 Å². The van der Waals surface area contributed by atoms with Crippen LogP contribution in [0, 0.1) is 10.5 Å². The van der Waals surface area contributed by atoms with Gasteiger partial charge in [-0.15, -0.1) is 0 Å². The molecule has 7 heteroatoms. The summed E-state index contributed by atoms with van der Waals surface area (Å²) in [5.41, 5.74) is 4.01. The molecule has 3 amide bonds. The predicted molar refractivity (Wildman–Crippen MR) is 135 cm³/mol. The smallest absolute Gasteiger partial charge is 0.329 e. The first-order chi connectivity index (χ1) is 15.9. The fraction of sp³-hybridized carbons (Fsp3) is 0.154. The van der Waals surface area contributed by atoms with E-state index < -0.39 is 6.03 Å². The van der Waals surface area contributed by atoms with E-state index in [0.29, 0.717) is 23.7 Å². The van der Waals surface area contributed by atoms with Crippen molar-refractivity contribution in [1.29, 1.82) is 0 Å². The summed E-state index contributed by atoms with van der Waals surface area (Å²) in [6, 6.07) is 20.8. The van der Waals surface area contributed by atoms with E-state index >= 15 is 0 Å². The van der Waals surface area contributed by atoms with Gasteiger partial charge in [-0.1, -0.05) is 48.0 Å². The molecule has 0 radical (unpaired) electrons. The molecule has 1 heterocycles. The second-order valence-corrected chi connectivity index (χ2v) is 8.94. The van der Waals surface area contributed by atoms with Gasteiger partial charge in [-0.05, 0) is 76.5 Å². The summed E-state index contributed by atoms with van der Waals surface area (Å²) in [4.78, 5) is 26.4. The maximum absolute atomic E-state index is 12.8. The average molecular weight is 554 g/mol. The zero-order chi connectivity index (χ0) is 23.4. The lowest BCUT2D eigenvalue weighted by atomic mass is 10.1. The standard InChI is InChI=1S/C26H23IN2O4/c1-17-3-5-18(6-4-17)15-29-25(30)22(28-26(29)31)13-20-9-12-23(24(14-20)32-2)33-16-19-7-10-21(27)11-8-19/h3-14H,15-16H2,1-2H3,(H,28,31)/b22-13+. The van der Waals surface area contributed by atoms with Gasteiger partial charge in [-0.25, -0.2) is 4.79 Å². The third kappa shape index (κ3) is 5.54. The highest BCUT2D eigenvalue weighted by Crippen LogP contribution is 2.30. The van der Waals surface area contributed by atoms with Crippen LogP contribution >= 0.6 is 22.6 Å². The number of amides is 3. The summed E-state index contributed by atoms with van der Waals surface area (Å²) in [6.07, 6.45) is 1.64. The number of aryl methyl sites for hydroxylation is 1. The van der Waals surface area contributed by atoms with Gasteiger partial charge in [0.2, 0.25) is 0 Å². The monoisotopic (exact) mass is 554 g/mol. The molecule has 6 nitrogen and oxygen atoms in total. The van der Waals surface area contributed by atoms with E-state index in [0.717, 1.165) is 20.3 Å². The number of urea groups is 1. The van der Waals surface area contributed by atoms with Crippen LogP contribution in [0.4, 0.5) is 4.79 Å². The fourth-order valence-electron chi connectivity index (χ4n) is 3.39. The van der Waals surface area contributed by atoms with Gasteiger partial charge in [-0.2, -0.15) is 0 Å². The Morgan fingerprint density at radius 1 is 0.939 bits per heavy atom. The number of benzene rings is 3. The summed E-state index contributed by atoms with van der Waals surface area (Å²) in [6.45, 7) is 2.62. The van der Waals surface area contributed by atoms with Gasteiger partial charge in [0.05, 0.1) is 13.7 Å². The van der Waals surface area contributed by atoms with Crippen LogP contribution in [0.5, 0.6) is 11.5 Å². The van der Waals surface area contributed by atoms with Crippen LogP contribution < -0.4 is 14.8 Å². The molecule has 1 aliphatic heterocycles. The van der Waals surface area contributed by atoms with Crippen molar-refractivity contribution in [3.05, 3.63) is 98.3 Å². The molecule has 168 valence electrons. The van der Waals surface area contributed by atoms with E-state index in [9.17, 15) is 9.59 Å². The number of hydrogen-bond donors (Lipinski definition) is 1. The van der Waals surface area contributed by atoms with Crippen LogP contribution in [0.15, 0.2) is 72.4 Å². The van der Waals surface area contributed by atoms with E-state index in [-0.39, 0.29) is 18.1 Å². The molecule has 33 heavy (non-hydrogen) atoms. The highest BCUT2D eigenvalue weighted by atomic mass is 127. The van der Waals surface area contributed by atoms with Gasteiger partial charge in [0.1, 0.15) is 12.3 Å². The molecule has 1 fully saturated rings. The minimum absolute atomic E-state index is 0.219. The molecule has 0 bridgehead atoms. The summed E-state index contributed by atoms with van der Waals surface area (Å²) >= 11 is 2.26. The molecule has 1 aliphatic rings. The summed E-state index contributed by atoms with van der Waals surface area (Å²) < 4.78 is 12.6. The highest BCUT2D eigenvalue weighted by Gasteiger charge is 2.33. The number of rotatable bonds is 7. The highest BCUT2D eigenvalue weighted by molar-refractivity contribution is 14.1. The normalized spacial score (nSPS) is 14.5. The zero-order valence-corrected chi connectivity index (χ0v) is 20.5. The molecule has 0 aromatic heterocycles. The number of imide groups is 1. The van der Waals surface area contributed by atoms with Crippen molar-refractivity contribution in [2.75, 3.05) is 7.11 Å². The average Bonchev–Trinajstić information content (AvgIpc) is 3.07. The Balaban J connectivity index is 1.47. The number of carbonyl (C=O) groups is 2. The van der Waals surface area contributed by atoms with Crippen molar-refractivity contribution in [3.63, 3.8) is 0 Å². The quantitative estimate of drug-likeness (QED) is 0.245. The number of nitrogens with one attached hydrogen (secondary N) is 1. The Morgan fingerprint density at radius 2 is 1.64 bits per heavy atom. The first-order valence-corrected chi connectivity index (χ1v) is 11.5. The Hall–Kier alpha value is -3.33. The Bertz CT molecular complexity index is 1200. The summed E-state index contributed by atoms with van der Waals surface area (Å²) in [5.74, 6) is 0.780. The van der Waals surface area contributed by atoms with Crippen molar-refractivity contribution in [2.45, 2.75) is 20.1 Å². The largest absolute Gasteiger partial charge is 0.493 e. The number of hydrogen-bond acceptors (Lipinski definition) is 4. The van der Waals surface area contributed by atoms with Gasteiger partial charge in [0, 0.05) is 3.57 Å². The molecule has 1 saturated heterocycles. The van der Waals surface area contributed by atoms with Gasteiger partial charge >= 0.3 is 6.03 Å². The zero-order valence-electron chi connectivity index (χ0n) is 18.3. The lowest BCUT2D eigenvalue weighted by molar-refractivity contribution is -0.123. The molecule has 0 aliphatic carbocycles. The SMILES string of the molecule is COc1cc(/C=C2/NC(=O)N(Cc3ccc(C)cc3)C2=O)ccc1OCc1ccc(I)cc1. The molecular formula is C26H23IN2O4. The van der Waals surface area contributed by atoms with E-state index in [4.69, 9.17) is 9.47 Å². The van der Waals surface area contributed by atoms with Crippen molar-refractivity contribution in [1.82, 2.24) is 10.2 Å². The minimum Gasteiger partial charge on any atom is -0.493 e. The molecule has 0 unspecified atom stereocenters. The third-order valence-electron chi connectivity index (χ3n) is 5.23. The van der Waals surface area contributed by atoms with E-state index in [1.807, 2.05) is 61.5 Å².